The molecule has 0 atom stereocenters. The highest BCUT2D eigenvalue weighted by molar-refractivity contribution is 6.30. The lowest BCUT2D eigenvalue weighted by Gasteiger charge is -2.08. The second kappa shape index (κ2) is 5.36. The van der Waals surface area contributed by atoms with E-state index in [4.69, 9.17) is 11.6 Å². The van der Waals surface area contributed by atoms with Gasteiger partial charge in [-0.25, -0.2) is 0 Å². The highest BCUT2D eigenvalue weighted by Gasteiger charge is 2.12. The van der Waals surface area contributed by atoms with Gasteiger partial charge >= 0.3 is 0 Å². The molecule has 2 rings (SSSR count). The minimum Gasteiger partial charge on any atom is -0.294 e. The third-order valence-corrected chi connectivity index (χ3v) is 3.29. The van der Waals surface area contributed by atoms with Gasteiger partial charge in [0, 0.05) is 17.0 Å². The van der Waals surface area contributed by atoms with Crippen LogP contribution in [0.4, 0.5) is 0 Å². The van der Waals surface area contributed by atoms with Crippen molar-refractivity contribution in [2.75, 3.05) is 0 Å². The van der Waals surface area contributed by atoms with Gasteiger partial charge in [-0.15, -0.1) is 0 Å². The lowest BCUT2D eigenvalue weighted by Crippen LogP contribution is -2.07. The van der Waals surface area contributed by atoms with Crippen molar-refractivity contribution < 1.29 is 4.79 Å². The van der Waals surface area contributed by atoms with Gasteiger partial charge in [0.15, 0.2) is 5.78 Å². The molecule has 0 aromatic heterocycles. The molecular weight excluding hydrogens is 244 g/mol. The van der Waals surface area contributed by atoms with Crippen molar-refractivity contribution in [3.63, 3.8) is 0 Å². The van der Waals surface area contributed by atoms with Gasteiger partial charge < -0.3 is 0 Å². The number of ketones is 1. The maximum absolute atomic E-state index is 12.3. The van der Waals surface area contributed by atoms with Gasteiger partial charge in [0.2, 0.25) is 0 Å². The van der Waals surface area contributed by atoms with E-state index in [0.29, 0.717) is 11.4 Å². The van der Waals surface area contributed by atoms with Crippen LogP contribution in [0.3, 0.4) is 0 Å². The number of benzene rings is 2. The predicted molar refractivity (Wildman–Crippen MR) is 75.4 cm³/mol. The Labute approximate surface area is 112 Å². The Morgan fingerprint density at radius 2 is 1.56 bits per heavy atom. The Kier molecular flexibility index (Phi) is 3.83. The summed E-state index contributed by atoms with van der Waals surface area (Å²) in [6.45, 7) is 3.95. The number of hydrogen-bond donors (Lipinski definition) is 0. The third kappa shape index (κ3) is 2.80. The van der Waals surface area contributed by atoms with E-state index in [1.807, 2.05) is 56.3 Å². The first-order chi connectivity index (χ1) is 8.58. The zero-order valence-electron chi connectivity index (χ0n) is 10.5. The van der Waals surface area contributed by atoms with Gasteiger partial charge in [-0.2, -0.15) is 0 Å². The molecule has 0 aliphatic rings. The third-order valence-electron chi connectivity index (χ3n) is 3.04. The van der Waals surface area contributed by atoms with E-state index >= 15 is 0 Å². The van der Waals surface area contributed by atoms with Crippen LogP contribution >= 0.6 is 11.6 Å². The monoisotopic (exact) mass is 258 g/mol. The first-order valence-corrected chi connectivity index (χ1v) is 6.29. The van der Waals surface area contributed by atoms with Gasteiger partial charge in [0.25, 0.3) is 0 Å². The Morgan fingerprint density at radius 3 is 2.11 bits per heavy atom. The summed E-state index contributed by atoms with van der Waals surface area (Å²) in [5, 5.41) is 0.693. The minimum atomic E-state index is 0.160. The van der Waals surface area contributed by atoms with Crippen molar-refractivity contribution in [3.05, 3.63) is 69.7 Å². The molecule has 0 unspecified atom stereocenters. The van der Waals surface area contributed by atoms with Crippen LogP contribution in [0.1, 0.15) is 27.0 Å². The van der Waals surface area contributed by atoms with Crippen LogP contribution in [0.5, 0.6) is 0 Å². The number of Topliss-reactive ketones (excluding diaryl/α,β-unsaturated/α-hetero) is 1. The molecule has 0 bridgehead atoms. The molecule has 0 spiro atoms. The number of carbonyl (C=O) groups excluding carboxylic acids is 1. The van der Waals surface area contributed by atoms with E-state index in [1.54, 1.807) is 0 Å². The Morgan fingerprint density at radius 1 is 1.00 bits per heavy atom. The van der Waals surface area contributed by atoms with Gasteiger partial charge in [0.05, 0.1) is 0 Å². The topological polar surface area (TPSA) is 17.1 Å². The van der Waals surface area contributed by atoms with Gasteiger partial charge in [-0.05, 0) is 42.7 Å². The molecule has 0 saturated heterocycles. The molecular formula is C16H15ClO. The second-order valence-electron chi connectivity index (χ2n) is 4.49. The van der Waals surface area contributed by atoms with E-state index in [-0.39, 0.29) is 5.78 Å². The average Bonchev–Trinajstić information content (AvgIpc) is 2.32. The molecule has 18 heavy (non-hydrogen) atoms. The van der Waals surface area contributed by atoms with Crippen LogP contribution in [0, 0.1) is 13.8 Å². The van der Waals surface area contributed by atoms with Gasteiger partial charge in [-0.1, -0.05) is 41.9 Å². The molecule has 0 saturated carbocycles. The Hall–Kier alpha value is -1.60. The number of carbonyl (C=O) groups is 1. The highest BCUT2D eigenvalue weighted by atomic mass is 35.5. The second-order valence-corrected chi connectivity index (χ2v) is 4.93. The average molecular weight is 259 g/mol. The number of aryl methyl sites for hydroxylation is 2. The predicted octanol–water partition coefficient (Wildman–Crippen LogP) is 4.38. The summed E-state index contributed by atoms with van der Waals surface area (Å²) in [4.78, 5) is 12.3. The largest absolute Gasteiger partial charge is 0.294 e. The zero-order chi connectivity index (χ0) is 13.1. The lowest BCUT2D eigenvalue weighted by molar-refractivity contribution is 0.0992. The molecule has 92 valence electrons. The van der Waals surface area contributed by atoms with Crippen LogP contribution < -0.4 is 0 Å². The molecule has 2 aromatic rings. The molecule has 0 amide bonds. The minimum absolute atomic E-state index is 0.160. The van der Waals surface area contributed by atoms with Crippen LogP contribution in [-0.4, -0.2) is 5.78 Å². The van der Waals surface area contributed by atoms with Crippen molar-refractivity contribution in [1.82, 2.24) is 0 Å². The fourth-order valence-electron chi connectivity index (χ4n) is 2.13. The molecule has 0 heterocycles. The molecule has 0 fully saturated rings. The molecule has 0 aliphatic carbocycles. The first-order valence-electron chi connectivity index (χ1n) is 5.92. The van der Waals surface area contributed by atoms with Crippen molar-refractivity contribution in [1.29, 1.82) is 0 Å². The molecule has 0 radical (unpaired) electrons. The smallest absolute Gasteiger partial charge is 0.167 e. The van der Waals surface area contributed by atoms with E-state index in [9.17, 15) is 4.79 Å². The Balaban J connectivity index is 2.25. The molecule has 2 aromatic carbocycles. The van der Waals surface area contributed by atoms with E-state index in [1.165, 1.54) is 0 Å². The van der Waals surface area contributed by atoms with Crippen LogP contribution in [0.15, 0.2) is 42.5 Å². The van der Waals surface area contributed by atoms with E-state index < -0.39 is 0 Å². The molecule has 1 nitrogen and oxygen atoms in total. The first kappa shape index (κ1) is 12.8. The summed E-state index contributed by atoms with van der Waals surface area (Å²) in [6.07, 6.45) is 0.420. The summed E-state index contributed by atoms with van der Waals surface area (Å²) in [6, 6.07) is 13.3. The number of hydrogen-bond acceptors (Lipinski definition) is 1. The Bertz CT molecular complexity index is 550. The normalized spacial score (nSPS) is 10.4. The molecule has 2 heteroatoms. The van der Waals surface area contributed by atoms with Crippen LogP contribution in [0.25, 0.3) is 0 Å². The number of rotatable bonds is 3. The quantitative estimate of drug-likeness (QED) is 0.747. The standard InChI is InChI=1S/C16H15ClO/c1-11-4-3-5-12(2)16(11)15(18)10-13-6-8-14(17)9-7-13/h3-9H,10H2,1-2H3. The lowest BCUT2D eigenvalue weighted by atomic mass is 9.95. The van der Waals surface area contributed by atoms with Crippen molar-refractivity contribution in [3.8, 4) is 0 Å². The summed E-state index contributed by atoms with van der Waals surface area (Å²) < 4.78 is 0. The maximum atomic E-state index is 12.3. The summed E-state index contributed by atoms with van der Waals surface area (Å²) >= 11 is 5.83. The van der Waals surface area contributed by atoms with E-state index in [0.717, 1.165) is 22.3 Å². The summed E-state index contributed by atoms with van der Waals surface area (Å²) in [5.41, 5.74) is 3.91. The van der Waals surface area contributed by atoms with Crippen molar-refractivity contribution >= 4 is 17.4 Å². The van der Waals surface area contributed by atoms with Crippen LogP contribution in [-0.2, 0) is 6.42 Å². The fraction of sp³-hybridized carbons (Fsp3) is 0.188. The summed E-state index contributed by atoms with van der Waals surface area (Å²) in [7, 11) is 0. The van der Waals surface area contributed by atoms with Crippen molar-refractivity contribution in [2.24, 2.45) is 0 Å². The maximum Gasteiger partial charge on any atom is 0.167 e. The zero-order valence-corrected chi connectivity index (χ0v) is 11.3. The highest BCUT2D eigenvalue weighted by Crippen LogP contribution is 2.17. The molecule has 0 N–H and O–H groups in total. The van der Waals surface area contributed by atoms with Gasteiger partial charge in [0.1, 0.15) is 0 Å². The van der Waals surface area contributed by atoms with Crippen LogP contribution in [0.2, 0.25) is 5.02 Å². The molecule has 0 aliphatic heterocycles. The SMILES string of the molecule is Cc1cccc(C)c1C(=O)Cc1ccc(Cl)cc1. The van der Waals surface area contributed by atoms with Gasteiger partial charge in [-0.3, -0.25) is 4.79 Å². The fourth-order valence-corrected chi connectivity index (χ4v) is 2.26. The van der Waals surface area contributed by atoms with E-state index in [2.05, 4.69) is 0 Å². The summed E-state index contributed by atoms with van der Waals surface area (Å²) in [5.74, 6) is 0.160. The number of halogens is 1. The van der Waals surface area contributed by atoms with Crippen molar-refractivity contribution in [2.45, 2.75) is 20.3 Å².